The van der Waals surface area contributed by atoms with Crippen molar-refractivity contribution in [3.63, 3.8) is 0 Å². The molecular formula is C15H20N4OS. The highest BCUT2D eigenvalue weighted by Crippen LogP contribution is 2.12. The molecule has 112 valence electrons. The van der Waals surface area contributed by atoms with E-state index in [2.05, 4.69) is 39.6 Å². The Morgan fingerprint density at radius 2 is 2.19 bits per heavy atom. The Kier molecular flexibility index (Phi) is 5.80. The van der Waals surface area contributed by atoms with Gasteiger partial charge in [-0.2, -0.15) is 0 Å². The zero-order valence-corrected chi connectivity index (χ0v) is 13.2. The van der Waals surface area contributed by atoms with Gasteiger partial charge >= 0.3 is 0 Å². The molecule has 0 atom stereocenters. The van der Waals surface area contributed by atoms with Gasteiger partial charge in [-0.3, -0.25) is 9.89 Å². The Balaban J connectivity index is 1.69. The van der Waals surface area contributed by atoms with Gasteiger partial charge in [-0.15, -0.1) is 5.10 Å². The van der Waals surface area contributed by atoms with Crippen molar-refractivity contribution in [1.82, 2.24) is 20.5 Å². The number of hydrogen-bond donors (Lipinski definition) is 2. The lowest BCUT2D eigenvalue weighted by atomic mass is 10.1. The maximum Gasteiger partial charge on any atom is 0.230 e. The van der Waals surface area contributed by atoms with Gasteiger partial charge in [-0.05, 0) is 24.5 Å². The number of aromatic nitrogens is 3. The first-order valence-electron chi connectivity index (χ1n) is 7.04. The summed E-state index contributed by atoms with van der Waals surface area (Å²) in [5.74, 6) is 1.20. The van der Waals surface area contributed by atoms with Crippen LogP contribution in [0.1, 0.15) is 23.9 Å². The summed E-state index contributed by atoms with van der Waals surface area (Å²) >= 11 is 1.35. The van der Waals surface area contributed by atoms with Crippen molar-refractivity contribution in [1.29, 1.82) is 0 Å². The number of H-pyrrole nitrogens is 1. The molecule has 0 fully saturated rings. The molecule has 1 aromatic heterocycles. The van der Waals surface area contributed by atoms with E-state index in [0.29, 0.717) is 17.5 Å². The summed E-state index contributed by atoms with van der Waals surface area (Å²) in [6.07, 6.45) is 1.67. The molecule has 2 rings (SSSR count). The van der Waals surface area contributed by atoms with E-state index in [-0.39, 0.29) is 5.91 Å². The van der Waals surface area contributed by atoms with Crippen molar-refractivity contribution in [2.24, 2.45) is 0 Å². The quantitative estimate of drug-likeness (QED) is 0.769. The Morgan fingerprint density at radius 1 is 1.38 bits per heavy atom. The molecule has 0 bridgehead atoms. The van der Waals surface area contributed by atoms with Crippen LogP contribution in [0, 0.1) is 6.92 Å². The van der Waals surface area contributed by atoms with Crippen molar-refractivity contribution < 1.29 is 4.79 Å². The standard InChI is InChI=1S/C15H20N4OS/c1-3-13-17-15(19-18-13)21-10-14(20)16-9-8-12-7-5-4-6-11(12)2/h4-7H,3,8-10H2,1-2H3,(H,16,20)(H,17,18,19). The zero-order valence-electron chi connectivity index (χ0n) is 12.3. The summed E-state index contributed by atoms with van der Waals surface area (Å²) in [5.41, 5.74) is 2.53. The van der Waals surface area contributed by atoms with Gasteiger partial charge in [0.05, 0.1) is 5.75 Å². The van der Waals surface area contributed by atoms with Crippen LogP contribution in [0.2, 0.25) is 0 Å². The number of carbonyl (C=O) groups is 1. The van der Waals surface area contributed by atoms with Crippen LogP contribution in [0.4, 0.5) is 0 Å². The molecular weight excluding hydrogens is 284 g/mol. The van der Waals surface area contributed by atoms with Gasteiger partial charge in [0, 0.05) is 13.0 Å². The summed E-state index contributed by atoms with van der Waals surface area (Å²) in [6.45, 7) is 4.74. The molecule has 0 radical (unpaired) electrons. The zero-order chi connectivity index (χ0) is 15.1. The second-order valence-electron chi connectivity index (χ2n) is 4.73. The lowest BCUT2D eigenvalue weighted by Crippen LogP contribution is -2.27. The number of thioether (sulfide) groups is 1. The summed E-state index contributed by atoms with van der Waals surface area (Å²) < 4.78 is 0. The summed E-state index contributed by atoms with van der Waals surface area (Å²) in [4.78, 5) is 16.0. The molecule has 0 spiro atoms. The minimum absolute atomic E-state index is 0.0106. The van der Waals surface area contributed by atoms with Gasteiger partial charge in [-0.25, -0.2) is 4.98 Å². The minimum Gasteiger partial charge on any atom is -0.355 e. The number of aryl methyl sites for hydroxylation is 2. The van der Waals surface area contributed by atoms with Crippen LogP contribution in [0.3, 0.4) is 0 Å². The molecule has 0 unspecified atom stereocenters. The molecule has 1 heterocycles. The second-order valence-corrected chi connectivity index (χ2v) is 5.68. The number of hydrogen-bond acceptors (Lipinski definition) is 4. The van der Waals surface area contributed by atoms with Crippen molar-refractivity contribution in [3.8, 4) is 0 Å². The third-order valence-electron chi connectivity index (χ3n) is 3.16. The van der Waals surface area contributed by atoms with Crippen LogP contribution >= 0.6 is 11.8 Å². The number of amides is 1. The SMILES string of the molecule is CCc1nc(SCC(=O)NCCc2ccccc2C)n[nH]1. The molecule has 0 aliphatic rings. The minimum atomic E-state index is 0.0106. The molecule has 2 aromatic rings. The van der Waals surface area contributed by atoms with Crippen LogP contribution in [0.25, 0.3) is 0 Å². The van der Waals surface area contributed by atoms with E-state index >= 15 is 0 Å². The van der Waals surface area contributed by atoms with Crippen molar-refractivity contribution in [2.75, 3.05) is 12.3 Å². The fourth-order valence-corrected chi connectivity index (χ4v) is 2.56. The Morgan fingerprint density at radius 3 is 2.90 bits per heavy atom. The van der Waals surface area contributed by atoms with E-state index in [4.69, 9.17) is 0 Å². The lowest BCUT2D eigenvalue weighted by Gasteiger charge is -2.06. The van der Waals surface area contributed by atoms with Crippen LogP contribution in [0.15, 0.2) is 29.4 Å². The van der Waals surface area contributed by atoms with Crippen LogP contribution in [0.5, 0.6) is 0 Å². The predicted molar refractivity (Wildman–Crippen MR) is 84.4 cm³/mol. The van der Waals surface area contributed by atoms with Gasteiger partial charge in [0.1, 0.15) is 5.82 Å². The van der Waals surface area contributed by atoms with Gasteiger partial charge in [0.15, 0.2) is 0 Å². The average molecular weight is 304 g/mol. The topological polar surface area (TPSA) is 70.7 Å². The maximum absolute atomic E-state index is 11.8. The normalized spacial score (nSPS) is 10.6. The van der Waals surface area contributed by atoms with Crippen LogP contribution in [-0.2, 0) is 17.6 Å². The molecule has 0 aliphatic heterocycles. The highest BCUT2D eigenvalue weighted by molar-refractivity contribution is 7.99. The second kappa shape index (κ2) is 7.83. The highest BCUT2D eigenvalue weighted by Gasteiger charge is 2.07. The largest absolute Gasteiger partial charge is 0.355 e. The average Bonchev–Trinajstić information content (AvgIpc) is 2.95. The Bertz CT molecular complexity index is 597. The lowest BCUT2D eigenvalue weighted by molar-refractivity contribution is -0.118. The van der Waals surface area contributed by atoms with E-state index in [1.54, 1.807) is 0 Å². The molecule has 1 amide bonds. The maximum atomic E-state index is 11.8. The number of rotatable bonds is 7. The van der Waals surface area contributed by atoms with E-state index < -0.39 is 0 Å². The van der Waals surface area contributed by atoms with E-state index in [0.717, 1.165) is 18.7 Å². The summed E-state index contributed by atoms with van der Waals surface area (Å²) in [5, 5.41) is 10.4. The van der Waals surface area contributed by atoms with Gasteiger partial charge in [-0.1, -0.05) is 43.0 Å². The fraction of sp³-hybridized carbons (Fsp3) is 0.400. The van der Waals surface area contributed by atoms with Gasteiger partial charge < -0.3 is 5.32 Å². The van der Waals surface area contributed by atoms with E-state index in [9.17, 15) is 4.79 Å². The van der Waals surface area contributed by atoms with Crippen molar-refractivity contribution in [2.45, 2.75) is 31.8 Å². The molecule has 0 saturated carbocycles. The summed E-state index contributed by atoms with van der Waals surface area (Å²) in [6, 6.07) is 8.22. The Labute approximate surface area is 128 Å². The number of aromatic amines is 1. The van der Waals surface area contributed by atoms with Gasteiger partial charge in [0.25, 0.3) is 0 Å². The first-order chi connectivity index (χ1) is 10.2. The molecule has 2 N–H and O–H groups in total. The molecule has 5 nitrogen and oxygen atoms in total. The van der Waals surface area contributed by atoms with Gasteiger partial charge in [0.2, 0.25) is 11.1 Å². The third-order valence-corrected chi connectivity index (χ3v) is 4.00. The summed E-state index contributed by atoms with van der Waals surface area (Å²) in [7, 11) is 0. The number of carbonyl (C=O) groups excluding carboxylic acids is 1. The third kappa shape index (κ3) is 4.90. The van der Waals surface area contributed by atoms with Crippen LogP contribution in [-0.4, -0.2) is 33.4 Å². The molecule has 0 saturated heterocycles. The predicted octanol–water partition coefficient (Wildman–Crippen LogP) is 2.13. The molecule has 21 heavy (non-hydrogen) atoms. The molecule has 0 aliphatic carbocycles. The van der Waals surface area contributed by atoms with E-state index in [1.165, 1.54) is 22.9 Å². The monoisotopic (exact) mass is 304 g/mol. The number of nitrogens with one attached hydrogen (secondary N) is 2. The molecule has 6 heteroatoms. The smallest absolute Gasteiger partial charge is 0.230 e. The first-order valence-corrected chi connectivity index (χ1v) is 8.03. The fourth-order valence-electron chi connectivity index (χ4n) is 1.91. The van der Waals surface area contributed by atoms with Crippen molar-refractivity contribution in [3.05, 3.63) is 41.2 Å². The number of benzene rings is 1. The first kappa shape index (κ1) is 15.6. The molecule has 1 aromatic carbocycles. The highest BCUT2D eigenvalue weighted by atomic mass is 32.2. The number of nitrogens with zero attached hydrogens (tertiary/aromatic N) is 2. The van der Waals surface area contributed by atoms with Crippen molar-refractivity contribution >= 4 is 17.7 Å². The Hall–Kier alpha value is -1.82. The van der Waals surface area contributed by atoms with E-state index in [1.807, 2.05) is 19.1 Å². The van der Waals surface area contributed by atoms with Crippen LogP contribution < -0.4 is 5.32 Å².